The Labute approximate surface area is 171 Å². The average molecular weight is 456 g/mol. The highest BCUT2D eigenvalue weighted by atomic mass is 79.9. The molecule has 27 heavy (non-hydrogen) atoms. The van der Waals surface area contributed by atoms with E-state index in [0.29, 0.717) is 13.1 Å². The van der Waals surface area contributed by atoms with Crippen molar-refractivity contribution in [1.82, 2.24) is 14.4 Å². The van der Waals surface area contributed by atoms with E-state index >= 15 is 0 Å². The third kappa shape index (κ3) is 4.55. The zero-order valence-electron chi connectivity index (χ0n) is 16.4. The summed E-state index contributed by atoms with van der Waals surface area (Å²) in [6, 6.07) is 2.22. The van der Waals surface area contributed by atoms with E-state index in [-0.39, 0.29) is 17.7 Å². The van der Waals surface area contributed by atoms with E-state index in [9.17, 15) is 9.59 Å². The fraction of sp³-hybridized carbons (Fsp3) is 0.579. The van der Waals surface area contributed by atoms with Crippen molar-refractivity contribution in [1.29, 1.82) is 0 Å². The Morgan fingerprint density at radius 3 is 2.70 bits per heavy atom. The third-order valence-electron chi connectivity index (χ3n) is 4.63. The molecule has 0 spiro atoms. The molecule has 2 aromatic heterocycles. The lowest BCUT2D eigenvalue weighted by Gasteiger charge is -2.40. The van der Waals surface area contributed by atoms with Crippen LogP contribution in [0.1, 0.15) is 32.6 Å². The summed E-state index contributed by atoms with van der Waals surface area (Å²) in [6.45, 7) is 10.6. The SMILES string of the molecule is CC1CN(C(=O)OC(C)(C)C)CCN1Cc1cc2c(=O)n(C)cc(Br)c2s1. The van der Waals surface area contributed by atoms with Crippen molar-refractivity contribution >= 4 is 43.4 Å². The van der Waals surface area contributed by atoms with Crippen LogP contribution in [0.3, 0.4) is 0 Å². The van der Waals surface area contributed by atoms with Gasteiger partial charge in [0.15, 0.2) is 0 Å². The van der Waals surface area contributed by atoms with Crippen LogP contribution in [0, 0.1) is 0 Å². The number of amides is 1. The monoisotopic (exact) mass is 455 g/mol. The molecule has 1 aliphatic heterocycles. The van der Waals surface area contributed by atoms with Gasteiger partial charge in [-0.2, -0.15) is 0 Å². The van der Waals surface area contributed by atoms with Crippen LogP contribution in [0.4, 0.5) is 4.79 Å². The molecule has 1 atom stereocenters. The number of aryl methyl sites for hydroxylation is 1. The van der Waals surface area contributed by atoms with Gasteiger partial charge in [0.05, 0.1) is 14.6 Å². The van der Waals surface area contributed by atoms with Gasteiger partial charge in [0.1, 0.15) is 5.60 Å². The van der Waals surface area contributed by atoms with E-state index in [2.05, 4.69) is 27.8 Å². The first-order valence-electron chi connectivity index (χ1n) is 9.04. The van der Waals surface area contributed by atoms with Gasteiger partial charge in [-0.15, -0.1) is 11.3 Å². The number of carbonyl (C=O) groups is 1. The Morgan fingerprint density at radius 2 is 2.07 bits per heavy atom. The standard InChI is InChI=1S/C19H26BrN3O3S/c1-12-9-23(18(25)26-19(2,3)4)7-6-22(12)10-13-8-14-16(27-13)15(20)11-21(5)17(14)24/h8,11-12H,6-7,9-10H2,1-5H3. The Bertz CT molecular complexity index is 915. The van der Waals surface area contributed by atoms with E-state index in [1.165, 1.54) is 0 Å². The number of pyridine rings is 1. The van der Waals surface area contributed by atoms with E-state index in [1.807, 2.05) is 33.0 Å². The summed E-state index contributed by atoms with van der Waals surface area (Å²) in [5.74, 6) is 0. The van der Waals surface area contributed by atoms with Gasteiger partial charge in [-0.3, -0.25) is 9.69 Å². The van der Waals surface area contributed by atoms with Crippen LogP contribution >= 0.6 is 27.3 Å². The Morgan fingerprint density at radius 1 is 1.37 bits per heavy atom. The van der Waals surface area contributed by atoms with Crippen LogP contribution < -0.4 is 5.56 Å². The van der Waals surface area contributed by atoms with Crippen molar-refractivity contribution < 1.29 is 9.53 Å². The molecule has 3 heterocycles. The minimum Gasteiger partial charge on any atom is -0.444 e. The molecule has 8 heteroatoms. The lowest BCUT2D eigenvalue weighted by atomic mass is 10.2. The number of thiophene rings is 1. The highest BCUT2D eigenvalue weighted by Crippen LogP contribution is 2.31. The maximum absolute atomic E-state index is 12.4. The number of hydrogen-bond donors (Lipinski definition) is 0. The fourth-order valence-corrected chi connectivity index (χ4v) is 5.10. The van der Waals surface area contributed by atoms with E-state index in [0.717, 1.165) is 32.5 Å². The van der Waals surface area contributed by atoms with Crippen LogP contribution in [0.25, 0.3) is 10.1 Å². The van der Waals surface area contributed by atoms with Crippen molar-refractivity contribution in [2.24, 2.45) is 7.05 Å². The first-order valence-corrected chi connectivity index (χ1v) is 10.7. The summed E-state index contributed by atoms with van der Waals surface area (Å²) in [5.41, 5.74) is -0.452. The van der Waals surface area contributed by atoms with Gasteiger partial charge in [-0.05, 0) is 49.7 Å². The number of fused-ring (bicyclic) bond motifs is 1. The molecule has 1 unspecified atom stereocenters. The molecule has 0 radical (unpaired) electrons. The third-order valence-corrected chi connectivity index (χ3v) is 6.65. The van der Waals surface area contributed by atoms with E-state index < -0.39 is 5.60 Å². The second-order valence-corrected chi connectivity index (χ2v) is 10.1. The van der Waals surface area contributed by atoms with Gasteiger partial charge < -0.3 is 14.2 Å². The molecule has 148 valence electrons. The molecule has 1 aliphatic rings. The van der Waals surface area contributed by atoms with Gasteiger partial charge >= 0.3 is 6.09 Å². The van der Waals surface area contributed by atoms with Crippen LogP contribution in [0.2, 0.25) is 0 Å². The Hall–Kier alpha value is -1.38. The van der Waals surface area contributed by atoms with Gasteiger partial charge in [-0.25, -0.2) is 4.79 Å². The van der Waals surface area contributed by atoms with Gasteiger partial charge in [0.25, 0.3) is 5.56 Å². The van der Waals surface area contributed by atoms with Crippen molar-refractivity contribution in [3.63, 3.8) is 0 Å². The van der Waals surface area contributed by atoms with Crippen LogP contribution in [-0.2, 0) is 18.3 Å². The zero-order valence-corrected chi connectivity index (χ0v) is 18.8. The minimum absolute atomic E-state index is 0.0264. The van der Waals surface area contributed by atoms with Gasteiger partial charge in [-0.1, -0.05) is 0 Å². The summed E-state index contributed by atoms with van der Waals surface area (Å²) in [4.78, 5) is 29.9. The summed E-state index contributed by atoms with van der Waals surface area (Å²) in [6.07, 6.45) is 1.57. The zero-order chi connectivity index (χ0) is 19.9. The van der Waals surface area contributed by atoms with E-state index in [4.69, 9.17) is 4.74 Å². The van der Waals surface area contributed by atoms with Crippen molar-refractivity contribution in [3.05, 3.63) is 32.0 Å². The predicted octanol–water partition coefficient (Wildman–Crippen LogP) is 3.80. The first-order chi connectivity index (χ1) is 12.5. The molecule has 6 nitrogen and oxygen atoms in total. The van der Waals surface area contributed by atoms with Gasteiger partial charge in [0.2, 0.25) is 0 Å². The number of carbonyl (C=O) groups excluding carboxylic acids is 1. The molecule has 0 aliphatic carbocycles. The lowest BCUT2D eigenvalue weighted by molar-refractivity contribution is 0.00475. The normalized spacial score (nSPS) is 18.9. The summed E-state index contributed by atoms with van der Waals surface area (Å²) in [5, 5.41) is 0.756. The molecule has 0 saturated carbocycles. The van der Waals surface area contributed by atoms with E-state index in [1.54, 1.807) is 27.9 Å². The van der Waals surface area contributed by atoms with Crippen LogP contribution in [0.15, 0.2) is 21.5 Å². The topological polar surface area (TPSA) is 54.8 Å². The molecule has 2 aromatic rings. The molecular weight excluding hydrogens is 430 g/mol. The Kier molecular flexibility index (Phi) is 5.70. The average Bonchev–Trinajstić information content (AvgIpc) is 2.97. The number of ether oxygens (including phenoxy) is 1. The number of rotatable bonds is 2. The molecule has 0 aromatic carbocycles. The predicted molar refractivity (Wildman–Crippen MR) is 112 cm³/mol. The molecule has 0 N–H and O–H groups in total. The molecule has 1 fully saturated rings. The molecule has 3 rings (SSSR count). The Balaban J connectivity index is 1.70. The van der Waals surface area contributed by atoms with Crippen LogP contribution in [-0.4, -0.2) is 51.7 Å². The fourth-order valence-electron chi connectivity index (χ4n) is 3.26. The molecule has 0 bridgehead atoms. The molecular formula is C19H26BrN3O3S. The number of hydrogen-bond acceptors (Lipinski definition) is 5. The highest BCUT2D eigenvalue weighted by Gasteiger charge is 2.30. The van der Waals surface area contributed by atoms with Crippen LogP contribution in [0.5, 0.6) is 0 Å². The summed E-state index contributed by atoms with van der Waals surface area (Å²) in [7, 11) is 1.77. The van der Waals surface area contributed by atoms with Gasteiger partial charge in [0, 0.05) is 50.3 Å². The summed E-state index contributed by atoms with van der Waals surface area (Å²) < 4.78 is 9.02. The number of piperazine rings is 1. The minimum atomic E-state index is -0.478. The second kappa shape index (κ2) is 7.56. The highest BCUT2D eigenvalue weighted by molar-refractivity contribution is 9.10. The van der Waals surface area contributed by atoms with Crippen molar-refractivity contribution in [2.75, 3.05) is 19.6 Å². The lowest BCUT2D eigenvalue weighted by Crippen LogP contribution is -2.53. The number of halogens is 1. The number of nitrogens with zero attached hydrogens (tertiary/aromatic N) is 3. The molecule has 1 saturated heterocycles. The quantitative estimate of drug-likeness (QED) is 0.690. The second-order valence-electron chi connectivity index (χ2n) is 8.09. The number of aromatic nitrogens is 1. The maximum atomic E-state index is 12.4. The summed E-state index contributed by atoms with van der Waals surface area (Å²) >= 11 is 5.21. The smallest absolute Gasteiger partial charge is 0.410 e. The first kappa shape index (κ1) is 20.4. The largest absolute Gasteiger partial charge is 0.444 e. The molecule has 1 amide bonds. The van der Waals surface area contributed by atoms with Crippen molar-refractivity contribution in [2.45, 2.75) is 45.9 Å². The van der Waals surface area contributed by atoms with Crippen molar-refractivity contribution in [3.8, 4) is 0 Å². The maximum Gasteiger partial charge on any atom is 0.410 e.